The number of nitrogens with one attached hydrogen (secondary N) is 1. The second kappa shape index (κ2) is 8.65. The second-order valence-corrected chi connectivity index (χ2v) is 8.11. The third-order valence-corrected chi connectivity index (χ3v) is 5.33. The lowest BCUT2D eigenvalue weighted by molar-refractivity contribution is 0.186. The van der Waals surface area contributed by atoms with E-state index in [-0.39, 0.29) is 6.03 Å². The zero-order valence-electron chi connectivity index (χ0n) is 17.2. The Morgan fingerprint density at radius 1 is 1.18 bits per heavy atom. The third kappa shape index (κ3) is 5.04. The molecule has 1 saturated heterocycles. The van der Waals surface area contributed by atoms with Gasteiger partial charge in [0.25, 0.3) is 0 Å². The van der Waals surface area contributed by atoms with E-state index in [4.69, 9.17) is 4.42 Å². The molecular weight excluding hydrogens is 350 g/mol. The standard InChI is InChI=1S/C23H31N3O2/c1-18(2)19-8-5-9-20(16-19)23(3,4)24-22(27)26-12-7-11-25(13-14-26)17-21-10-6-15-28-21/h5-6,8-10,15-16H,1,7,11-14,17H2,2-4H3,(H,24,27). The number of carbonyl (C=O) groups excluding carboxylic acids is 1. The molecule has 1 aromatic carbocycles. The number of benzene rings is 1. The maximum Gasteiger partial charge on any atom is 0.318 e. The molecule has 1 fully saturated rings. The van der Waals surface area contributed by atoms with E-state index in [9.17, 15) is 4.79 Å². The summed E-state index contributed by atoms with van der Waals surface area (Å²) in [5.74, 6) is 0.969. The van der Waals surface area contributed by atoms with Crippen molar-refractivity contribution in [2.24, 2.45) is 0 Å². The minimum atomic E-state index is -0.456. The van der Waals surface area contributed by atoms with Crippen LogP contribution in [0.1, 0.15) is 44.1 Å². The third-order valence-electron chi connectivity index (χ3n) is 5.33. The fourth-order valence-corrected chi connectivity index (χ4v) is 3.55. The number of allylic oxidation sites excluding steroid dienone is 1. The summed E-state index contributed by atoms with van der Waals surface area (Å²) in [6.45, 7) is 14.2. The molecule has 0 radical (unpaired) electrons. The lowest BCUT2D eigenvalue weighted by atomic mass is 9.92. The van der Waals surface area contributed by atoms with Gasteiger partial charge in [-0.3, -0.25) is 4.90 Å². The topological polar surface area (TPSA) is 48.7 Å². The Bertz CT molecular complexity index is 811. The number of furan rings is 1. The van der Waals surface area contributed by atoms with Crippen LogP contribution in [-0.2, 0) is 12.1 Å². The fraction of sp³-hybridized carbons (Fsp3) is 0.435. The molecule has 1 N–H and O–H groups in total. The van der Waals surface area contributed by atoms with E-state index in [2.05, 4.69) is 28.9 Å². The van der Waals surface area contributed by atoms with E-state index < -0.39 is 5.54 Å². The predicted octanol–water partition coefficient (Wildman–Crippen LogP) is 4.47. The monoisotopic (exact) mass is 381 g/mol. The van der Waals surface area contributed by atoms with Gasteiger partial charge < -0.3 is 14.6 Å². The van der Waals surface area contributed by atoms with Crippen LogP contribution in [0, 0.1) is 0 Å². The highest BCUT2D eigenvalue weighted by Crippen LogP contribution is 2.24. The Morgan fingerprint density at radius 2 is 2.00 bits per heavy atom. The van der Waals surface area contributed by atoms with Crippen molar-refractivity contribution in [1.82, 2.24) is 15.1 Å². The Labute approximate surface area is 168 Å². The summed E-state index contributed by atoms with van der Waals surface area (Å²) in [4.78, 5) is 17.2. The summed E-state index contributed by atoms with van der Waals surface area (Å²) >= 11 is 0. The Kier molecular flexibility index (Phi) is 6.25. The molecule has 2 amide bonds. The van der Waals surface area contributed by atoms with Gasteiger partial charge >= 0.3 is 6.03 Å². The molecule has 0 aliphatic carbocycles. The van der Waals surface area contributed by atoms with Gasteiger partial charge in [0, 0.05) is 26.2 Å². The van der Waals surface area contributed by atoms with Crippen molar-refractivity contribution in [2.45, 2.75) is 39.3 Å². The van der Waals surface area contributed by atoms with Gasteiger partial charge in [-0.05, 0) is 56.5 Å². The Balaban J connectivity index is 1.60. The number of carbonyl (C=O) groups is 1. The summed E-state index contributed by atoms with van der Waals surface area (Å²) in [5.41, 5.74) is 2.75. The number of hydrogen-bond donors (Lipinski definition) is 1. The number of nitrogens with zero attached hydrogens (tertiary/aromatic N) is 2. The zero-order chi connectivity index (χ0) is 20.1. The summed E-state index contributed by atoms with van der Waals surface area (Å²) in [7, 11) is 0. The number of amides is 2. The van der Waals surface area contributed by atoms with Gasteiger partial charge in [-0.1, -0.05) is 30.4 Å². The normalized spacial score (nSPS) is 15.9. The van der Waals surface area contributed by atoms with Gasteiger partial charge in [0.2, 0.25) is 0 Å². The van der Waals surface area contributed by atoms with Crippen LogP contribution in [0.15, 0.2) is 53.7 Å². The molecule has 1 aliphatic rings. The lowest BCUT2D eigenvalue weighted by Gasteiger charge is -2.31. The van der Waals surface area contributed by atoms with E-state index in [0.29, 0.717) is 6.54 Å². The van der Waals surface area contributed by atoms with Crippen LogP contribution in [-0.4, -0.2) is 42.0 Å². The molecule has 5 nitrogen and oxygen atoms in total. The van der Waals surface area contributed by atoms with Crippen molar-refractivity contribution in [1.29, 1.82) is 0 Å². The molecule has 150 valence electrons. The van der Waals surface area contributed by atoms with Crippen LogP contribution >= 0.6 is 0 Å². The van der Waals surface area contributed by atoms with E-state index in [0.717, 1.165) is 55.1 Å². The quantitative estimate of drug-likeness (QED) is 0.831. The first-order valence-electron chi connectivity index (χ1n) is 9.93. The molecule has 2 heterocycles. The first-order valence-corrected chi connectivity index (χ1v) is 9.93. The fourth-order valence-electron chi connectivity index (χ4n) is 3.55. The van der Waals surface area contributed by atoms with Crippen LogP contribution < -0.4 is 5.32 Å². The highest BCUT2D eigenvalue weighted by molar-refractivity contribution is 5.75. The molecule has 3 rings (SSSR count). The molecular formula is C23H31N3O2. The average molecular weight is 382 g/mol. The van der Waals surface area contributed by atoms with Crippen LogP contribution in [0.4, 0.5) is 4.79 Å². The van der Waals surface area contributed by atoms with Crippen LogP contribution in [0.25, 0.3) is 5.57 Å². The molecule has 0 unspecified atom stereocenters. The van der Waals surface area contributed by atoms with Crippen molar-refractivity contribution in [3.8, 4) is 0 Å². The first kappa shape index (κ1) is 20.2. The highest BCUT2D eigenvalue weighted by Gasteiger charge is 2.27. The number of urea groups is 1. The van der Waals surface area contributed by atoms with Gasteiger partial charge in [-0.15, -0.1) is 0 Å². The number of rotatable bonds is 5. The van der Waals surface area contributed by atoms with Gasteiger partial charge in [-0.2, -0.15) is 0 Å². The summed E-state index contributed by atoms with van der Waals surface area (Å²) in [6.07, 6.45) is 2.66. The van der Waals surface area contributed by atoms with Crippen molar-refractivity contribution in [3.63, 3.8) is 0 Å². The van der Waals surface area contributed by atoms with Crippen molar-refractivity contribution in [2.75, 3.05) is 26.2 Å². The average Bonchev–Trinajstić information content (AvgIpc) is 3.05. The van der Waals surface area contributed by atoms with Gasteiger partial charge in [0.1, 0.15) is 5.76 Å². The van der Waals surface area contributed by atoms with Crippen molar-refractivity contribution in [3.05, 3.63) is 66.1 Å². The highest BCUT2D eigenvalue weighted by atomic mass is 16.3. The van der Waals surface area contributed by atoms with E-state index in [1.54, 1.807) is 6.26 Å². The van der Waals surface area contributed by atoms with Crippen molar-refractivity contribution >= 4 is 11.6 Å². The smallest absolute Gasteiger partial charge is 0.318 e. The van der Waals surface area contributed by atoms with Crippen LogP contribution in [0.3, 0.4) is 0 Å². The molecule has 0 saturated carbocycles. The van der Waals surface area contributed by atoms with Crippen LogP contribution in [0.5, 0.6) is 0 Å². The molecule has 0 bridgehead atoms. The minimum absolute atomic E-state index is 0.00873. The molecule has 0 spiro atoms. The van der Waals surface area contributed by atoms with Gasteiger partial charge in [0.15, 0.2) is 0 Å². The molecule has 5 heteroatoms. The Hall–Kier alpha value is -2.53. The predicted molar refractivity (Wildman–Crippen MR) is 113 cm³/mol. The zero-order valence-corrected chi connectivity index (χ0v) is 17.2. The van der Waals surface area contributed by atoms with E-state index in [1.165, 1.54) is 0 Å². The maximum atomic E-state index is 12.9. The summed E-state index contributed by atoms with van der Waals surface area (Å²) in [5, 5.41) is 3.22. The van der Waals surface area contributed by atoms with Gasteiger partial charge in [-0.25, -0.2) is 4.79 Å². The Morgan fingerprint density at radius 3 is 2.71 bits per heavy atom. The molecule has 1 aliphatic heterocycles. The minimum Gasteiger partial charge on any atom is -0.468 e. The van der Waals surface area contributed by atoms with Crippen molar-refractivity contribution < 1.29 is 9.21 Å². The SMILES string of the molecule is C=C(C)c1cccc(C(C)(C)NC(=O)N2CCCN(Cc3ccco3)CC2)c1. The molecule has 2 aromatic rings. The summed E-state index contributed by atoms with van der Waals surface area (Å²) in [6, 6.07) is 12.1. The van der Waals surface area contributed by atoms with E-state index in [1.807, 2.05) is 49.9 Å². The lowest BCUT2D eigenvalue weighted by Crippen LogP contribution is -2.49. The van der Waals surface area contributed by atoms with Crippen LogP contribution in [0.2, 0.25) is 0 Å². The largest absolute Gasteiger partial charge is 0.468 e. The summed E-state index contributed by atoms with van der Waals surface area (Å²) < 4.78 is 5.45. The van der Waals surface area contributed by atoms with E-state index >= 15 is 0 Å². The van der Waals surface area contributed by atoms with Gasteiger partial charge in [0.05, 0.1) is 18.3 Å². The maximum absolute atomic E-state index is 12.9. The molecule has 0 atom stereocenters. The first-order chi connectivity index (χ1) is 13.3. The number of hydrogen-bond acceptors (Lipinski definition) is 3. The molecule has 1 aromatic heterocycles. The second-order valence-electron chi connectivity index (χ2n) is 8.11. The molecule has 28 heavy (non-hydrogen) atoms.